The number of hydrazine groups is 1. The van der Waals surface area contributed by atoms with Crippen molar-refractivity contribution in [3.05, 3.63) is 70.4 Å². The molecular formula is C20H16ClN3O3. The molecule has 1 atom stereocenters. The fraction of sp³-hybridized carbons (Fsp3) is 0.150. The van der Waals surface area contributed by atoms with Crippen molar-refractivity contribution in [3.63, 3.8) is 0 Å². The number of Topliss-reactive ketones (excluding diaryl/α,β-unsaturated/α-hetero) is 1. The average Bonchev–Trinajstić information content (AvgIpc) is 3.15. The maximum absolute atomic E-state index is 13.1. The molecule has 2 aromatic carbocycles. The molecule has 2 aromatic rings. The quantitative estimate of drug-likeness (QED) is 0.828. The van der Waals surface area contributed by atoms with E-state index in [2.05, 4.69) is 5.43 Å². The molecule has 2 amide bonds. The predicted molar refractivity (Wildman–Crippen MR) is 102 cm³/mol. The highest BCUT2D eigenvalue weighted by Gasteiger charge is 2.53. The molecule has 136 valence electrons. The number of halogens is 1. The van der Waals surface area contributed by atoms with Crippen molar-refractivity contribution in [2.24, 2.45) is 0 Å². The number of allylic oxidation sites excluding steroid dienone is 1. The van der Waals surface area contributed by atoms with E-state index in [1.165, 1.54) is 6.92 Å². The zero-order valence-corrected chi connectivity index (χ0v) is 15.4. The topological polar surface area (TPSA) is 69.7 Å². The van der Waals surface area contributed by atoms with Crippen LogP contribution in [0.4, 0.5) is 11.4 Å². The number of carbonyl (C=O) groups excluding carboxylic acids is 3. The summed E-state index contributed by atoms with van der Waals surface area (Å²) < 4.78 is 0. The number of anilines is 2. The molecular weight excluding hydrogens is 366 g/mol. The number of fused-ring (bicyclic) bond motifs is 1. The molecule has 1 fully saturated rings. The van der Waals surface area contributed by atoms with Crippen LogP contribution in [-0.2, 0) is 14.4 Å². The average molecular weight is 382 g/mol. The summed E-state index contributed by atoms with van der Waals surface area (Å²) in [6.07, 6.45) is 0. The van der Waals surface area contributed by atoms with Gasteiger partial charge in [0.1, 0.15) is 5.70 Å². The molecule has 2 heterocycles. The Morgan fingerprint density at radius 3 is 2.19 bits per heavy atom. The molecule has 6 nitrogen and oxygen atoms in total. The molecule has 0 bridgehead atoms. The second-order valence-corrected chi connectivity index (χ2v) is 6.96. The number of ketones is 1. The third-order valence-electron chi connectivity index (χ3n) is 4.67. The second kappa shape index (κ2) is 6.25. The number of hydrogen-bond acceptors (Lipinski definition) is 5. The number of amides is 2. The molecule has 0 saturated carbocycles. The van der Waals surface area contributed by atoms with Crippen molar-refractivity contribution >= 4 is 40.6 Å². The fourth-order valence-corrected chi connectivity index (χ4v) is 3.46. The number of carbonyl (C=O) groups is 3. The highest BCUT2D eigenvalue weighted by atomic mass is 35.5. The van der Waals surface area contributed by atoms with Gasteiger partial charge in [-0.15, -0.1) is 0 Å². The Labute approximate surface area is 161 Å². The zero-order valence-electron chi connectivity index (χ0n) is 14.7. The van der Waals surface area contributed by atoms with Crippen LogP contribution < -0.4 is 15.3 Å². The van der Waals surface area contributed by atoms with Gasteiger partial charge in [0.25, 0.3) is 11.8 Å². The van der Waals surface area contributed by atoms with E-state index in [1.807, 2.05) is 31.2 Å². The lowest BCUT2D eigenvalue weighted by atomic mass is 10.1. The van der Waals surface area contributed by atoms with Crippen LogP contribution in [-0.4, -0.2) is 23.6 Å². The van der Waals surface area contributed by atoms with E-state index in [1.54, 1.807) is 29.3 Å². The van der Waals surface area contributed by atoms with Gasteiger partial charge in [0, 0.05) is 11.9 Å². The van der Waals surface area contributed by atoms with Gasteiger partial charge in [-0.1, -0.05) is 29.3 Å². The van der Waals surface area contributed by atoms with E-state index in [0.29, 0.717) is 16.4 Å². The third kappa shape index (κ3) is 2.69. The molecule has 0 aromatic heterocycles. The third-order valence-corrected chi connectivity index (χ3v) is 4.92. The zero-order chi connectivity index (χ0) is 19.3. The Hall–Kier alpha value is -3.12. The van der Waals surface area contributed by atoms with E-state index < -0.39 is 17.9 Å². The SMILES string of the molecule is CC(=O)C1=C2C(=O)N(c3ccc(Cl)cc3)C(=O)[C@H]2N(c2ccc(C)cc2)N1. The highest BCUT2D eigenvalue weighted by molar-refractivity contribution is 6.34. The number of nitrogens with one attached hydrogen (secondary N) is 1. The molecule has 2 aliphatic heterocycles. The Bertz CT molecular complexity index is 996. The van der Waals surface area contributed by atoms with Crippen molar-refractivity contribution in [1.82, 2.24) is 5.43 Å². The normalized spacial score (nSPS) is 18.9. The van der Waals surface area contributed by atoms with Crippen molar-refractivity contribution in [2.75, 3.05) is 9.91 Å². The highest BCUT2D eigenvalue weighted by Crippen LogP contribution is 2.37. The molecule has 27 heavy (non-hydrogen) atoms. The van der Waals surface area contributed by atoms with Gasteiger partial charge in [0.2, 0.25) is 0 Å². The fourth-order valence-electron chi connectivity index (χ4n) is 3.33. The van der Waals surface area contributed by atoms with Crippen LogP contribution in [0, 0.1) is 6.92 Å². The number of imide groups is 1. The van der Waals surface area contributed by atoms with Gasteiger partial charge in [0.05, 0.1) is 16.9 Å². The first kappa shape index (κ1) is 17.3. The summed E-state index contributed by atoms with van der Waals surface area (Å²) in [7, 11) is 0. The summed E-state index contributed by atoms with van der Waals surface area (Å²) in [5, 5.41) is 2.08. The summed E-state index contributed by atoms with van der Waals surface area (Å²) >= 11 is 5.91. The summed E-state index contributed by atoms with van der Waals surface area (Å²) in [4.78, 5) is 39.4. The van der Waals surface area contributed by atoms with Gasteiger partial charge in [-0.2, -0.15) is 0 Å². The molecule has 1 N–H and O–H groups in total. The number of aryl methyl sites for hydroxylation is 1. The van der Waals surface area contributed by atoms with Gasteiger partial charge in [-0.25, -0.2) is 4.90 Å². The maximum Gasteiger partial charge on any atom is 0.266 e. The van der Waals surface area contributed by atoms with Gasteiger partial charge < -0.3 is 0 Å². The second-order valence-electron chi connectivity index (χ2n) is 6.52. The van der Waals surface area contributed by atoms with Crippen molar-refractivity contribution < 1.29 is 14.4 Å². The van der Waals surface area contributed by atoms with Gasteiger partial charge in [0.15, 0.2) is 11.8 Å². The minimum absolute atomic E-state index is 0.149. The van der Waals surface area contributed by atoms with E-state index in [9.17, 15) is 14.4 Å². The van der Waals surface area contributed by atoms with E-state index in [0.717, 1.165) is 10.5 Å². The Morgan fingerprint density at radius 1 is 1.00 bits per heavy atom. The molecule has 1 saturated heterocycles. The summed E-state index contributed by atoms with van der Waals surface area (Å²) in [6, 6.07) is 13.0. The van der Waals surface area contributed by atoms with Crippen LogP contribution in [0.3, 0.4) is 0 Å². The van der Waals surface area contributed by atoms with Gasteiger partial charge in [-0.05, 0) is 43.3 Å². The lowest BCUT2D eigenvalue weighted by Gasteiger charge is -2.26. The molecule has 0 spiro atoms. The largest absolute Gasteiger partial charge is 0.293 e. The standard InChI is InChI=1S/C20H16ClN3O3/c1-11-3-7-15(8-4-11)24-18-16(17(22-24)12(2)25)19(26)23(20(18)27)14-9-5-13(21)6-10-14/h3-10,18,22H,1-2H3/t18-/m0/s1. The number of hydrogen-bond donors (Lipinski definition) is 1. The predicted octanol–water partition coefficient (Wildman–Crippen LogP) is 2.76. The number of nitrogens with zero attached hydrogens (tertiary/aromatic N) is 2. The Balaban J connectivity index is 1.80. The lowest BCUT2D eigenvalue weighted by Crippen LogP contribution is -2.46. The Morgan fingerprint density at radius 2 is 1.59 bits per heavy atom. The first-order chi connectivity index (χ1) is 12.9. The maximum atomic E-state index is 13.1. The van der Waals surface area contributed by atoms with Gasteiger partial charge in [-0.3, -0.25) is 24.8 Å². The van der Waals surface area contributed by atoms with E-state index >= 15 is 0 Å². The van der Waals surface area contributed by atoms with Crippen LogP contribution in [0.25, 0.3) is 0 Å². The van der Waals surface area contributed by atoms with Crippen LogP contribution >= 0.6 is 11.6 Å². The molecule has 0 aliphatic carbocycles. The van der Waals surface area contributed by atoms with Crippen molar-refractivity contribution in [3.8, 4) is 0 Å². The van der Waals surface area contributed by atoms with Crippen LogP contribution in [0.5, 0.6) is 0 Å². The first-order valence-electron chi connectivity index (χ1n) is 8.40. The molecule has 4 rings (SSSR count). The van der Waals surface area contributed by atoms with Crippen molar-refractivity contribution in [1.29, 1.82) is 0 Å². The first-order valence-corrected chi connectivity index (χ1v) is 8.78. The van der Waals surface area contributed by atoms with E-state index in [4.69, 9.17) is 11.6 Å². The smallest absolute Gasteiger partial charge is 0.266 e. The minimum atomic E-state index is -0.894. The molecule has 7 heteroatoms. The van der Waals surface area contributed by atoms with Crippen LogP contribution in [0.15, 0.2) is 59.8 Å². The molecule has 0 radical (unpaired) electrons. The number of benzene rings is 2. The lowest BCUT2D eigenvalue weighted by molar-refractivity contribution is -0.121. The molecule has 0 unspecified atom stereocenters. The minimum Gasteiger partial charge on any atom is -0.293 e. The summed E-state index contributed by atoms with van der Waals surface area (Å²) in [6.45, 7) is 3.33. The number of rotatable bonds is 3. The van der Waals surface area contributed by atoms with Crippen LogP contribution in [0.2, 0.25) is 5.02 Å². The van der Waals surface area contributed by atoms with Crippen LogP contribution in [0.1, 0.15) is 12.5 Å². The molecule has 2 aliphatic rings. The monoisotopic (exact) mass is 381 g/mol. The van der Waals surface area contributed by atoms with E-state index in [-0.39, 0.29) is 17.1 Å². The summed E-state index contributed by atoms with van der Waals surface area (Å²) in [5.74, 6) is -1.22. The Kier molecular flexibility index (Phi) is 4.00. The van der Waals surface area contributed by atoms with Gasteiger partial charge >= 0.3 is 0 Å². The van der Waals surface area contributed by atoms with Crippen molar-refractivity contribution in [2.45, 2.75) is 19.9 Å². The summed E-state index contributed by atoms with van der Waals surface area (Å²) in [5.41, 5.74) is 5.44.